The molecular formula is C9H15NO3S. The molecule has 0 radical (unpaired) electrons. The van der Waals surface area contributed by atoms with E-state index in [1.165, 1.54) is 0 Å². The molecule has 14 heavy (non-hydrogen) atoms. The number of carbonyl (C=O) groups is 1. The van der Waals surface area contributed by atoms with E-state index in [2.05, 4.69) is 11.3 Å². The summed E-state index contributed by atoms with van der Waals surface area (Å²) in [7, 11) is -2.86. The van der Waals surface area contributed by atoms with Crippen LogP contribution in [0.4, 0.5) is 0 Å². The summed E-state index contributed by atoms with van der Waals surface area (Å²) in [6.07, 6.45) is 4.14. The molecule has 0 unspecified atom stereocenters. The maximum Gasteiger partial charge on any atom is 0.241 e. The lowest BCUT2D eigenvalue weighted by molar-refractivity contribution is -0.120. The van der Waals surface area contributed by atoms with Gasteiger partial charge >= 0.3 is 0 Å². The van der Waals surface area contributed by atoms with Crippen molar-refractivity contribution in [1.82, 2.24) is 4.72 Å². The van der Waals surface area contributed by atoms with Crippen LogP contribution in [0.1, 0.15) is 19.3 Å². The van der Waals surface area contributed by atoms with Crippen LogP contribution in [0.15, 0.2) is 12.7 Å². The molecule has 2 rings (SSSR count). The first-order chi connectivity index (χ1) is 6.54. The SMILES string of the molecule is C=C[C@@H]1C[C@@H]1C(=O)NS(O)(O)C1CC1. The van der Waals surface area contributed by atoms with E-state index in [-0.39, 0.29) is 23.0 Å². The highest BCUT2D eigenvalue weighted by Crippen LogP contribution is 2.53. The van der Waals surface area contributed by atoms with Crippen LogP contribution in [0.25, 0.3) is 0 Å². The smallest absolute Gasteiger partial charge is 0.241 e. The van der Waals surface area contributed by atoms with Crippen LogP contribution in [0.5, 0.6) is 0 Å². The van der Waals surface area contributed by atoms with E-state index < -0.39 is 10.8 Å². The highest BCUT2D eigenvalue weighted by atomic mass is 32.3. The van der Waals surface area contributed by atoms with Gasteiger partial charge in [-0.25, -0.2) is 0 Å². The maximum atomic E-state index is 11.5. The minimum Gasteiger partial charge on any atom is -0.282 e. The minimum absolute atomic E-state index is 0.0857. The summed E-state index contributed by atoms with van der Waals surface area (Å²) in [4.78, 5) is 11.5. The van der Waals surface area contributed by atoms with Gasteiger partial charge in [-0.2, -0.15) is 0 Å². The second-order valence-corrected chi connectivity index (χ2v) is 6.06. The number of amides is 1. The summed E-state index contributed by atoms with van der Waals surface area (Å²) in [6.45, 7) is 3.60. The number of allylic oxidation sites excluding steroid dienone is 1. The third-order valence-corrected chi connectivity index (χ3v) is 4.62. The second-order valence-electron chi connectivity index (χ2n) is 4.00. The van der Waals surface area contributed by atoms with Gasteiger partial charge in [0.05, 0.1) is 5.25 Å². The zero-order valence-electron chi connectivity index (χ0n) is 7.85. The van der Waals surface area contributed by atoms with Crippen molar-refractivity contribution >= 4 is 16.7 Å². The highest BCUT2D eigenvalue weighted by Gasteiger charge is 2.44. The summed E-state index contributed by atoms with van der Waals surface area (Å²) in [6, 6.07) is 0. The number of nitrogens with one attached hydrogen (secondary N) is 1. The molecule has 2 aliphatic carbocycles. The predicted octanol–water partition coefficient (Wildman–Crippen LogP) is 1.75. The zero-order chi connectivity index (χ0) is 10.3. The highest BCUT2D eigenvalue weighted by molar-refractivity contribution is 8.23. The number of hydrogen-bond donors (Lipinski definition) is 3. The summed E-state index contributed by atoms with van der Waals surface area (Å²) in [5.74, 6) is -0.0939. The van der Waals surface area contributed by atoms with E-state index in [1.807, 2.05) is 0 Å². The van der Waals surface area contributed by atoms with Gasteiger partial charge in [-0.15, -0.1) is 17.4 Å². The van der Waals surface area contributed by atoms with E-state index in [9.17, 15) is 13.9 Å². The molecule has 2 fully saturated rings. The average molecular weight is 217 g/mol. The molecule has 4 nitrogen and oxygen atoms in total. The normalized spacial score (nSPS) is 32.1. The van der Waals surface area contributed by atoms with Crippen LogP contribution in [-0.2, 0) is 4.79 Å². The Morgan fingerprint density at radius 3 is 2.57 bits per heavy atom. The van der Waals surface area contributed by atoms with Crippen LogP contribution in [-0.4, -0.2) is 20.3 Å². The molecule has 0 aromatic carbocycles. The Balaban J connectivity index is 1.85. The Morgan fingerprint density at radius 2 is 2.14 bits per heavy atom. The molecule has 0 aliphatic heterocycles. The van der Waals surface area contributed by atoms with Gasteiger partial charge in [0.2, 0.25) is 5.91 Å². The van der Waals surface area contributed by atoms with Crippen LogP contribution < -0.4 is 4.72 Å². The Bertz CT molecular complexity index is 275. The van der Waals surface area contributed by atoms with E-state index in [1.54, 1.807) is 6.08 Å². The second kappa shape index (κ2) is 3.25. The van der Waals surface area contributed by atoms with Crippen LogP contribution >= 0.6 is 10.8 Å². The van der Waals surface area contributed by atoms with Gasteiger partial charge in [0, 0.05) is 5.92 Å². The molecule has 80 valence electrons. The molecule has 1 amide bonds. The largest absolute Gasteiger partial charge is 0.282 e. The fourth-order valence-electron chi connectivity index (χ4n) is 1.48. The van der Waals surface area contributed by atoms with Gasteiger partial charge in [-0.3, -0.25) is 18.6 Å². The lowest BCUT2D eigenvalue weighted by Crippen LogP contribution is -2.31. The molecule has 0 saturated heterocycles. The van der Waals surface area contributed by atoms with Crippen molar-refractivity contribution in [3.63, 3.8) is 0 Å². The lowest BCUT2D eigenvalue weighted by Gasteiger charge is -2.32. The van der Waals surface area contributed by atoms with Crippen molar-refractivity contribution in [1.29, 1.82) is 0 Å². The molecule has 0 aromatic rings. The molecular weight excluding hydrogens is 202 g/mol. The molecule has 0 spiro atoms. The van der Waals surface area contributed by atoms with Crippen molar-refractivity contribution in [2.45, 2.75) is 24.5 Å². The average Bonchev–Trinajstić information content (AvgIpc) is 2.98. The number of carbonyl (C=O) groups excluding carboxylic acids is 1. The summed E-state index contributed by atoms with van der Waals surface area (Å²) in [5.41, 5.74) is 0. The van der Waals surface area contributed by atoms with Crippen molar-refractivity contribution < 1.29 is 13.9 Å². The maximum absolute atomic E-state index is 11.5. The summed E-state index contributed by atoms with van der Waals surface area (Å²) in [5, 5.41) is -0.104. The Kier molecular flexibility index (Phi) is 2.33. The predicted molar refractivity (Wildman–Crippen MR) is 55.8 cm³/mol. The summed E-state index contributed by atoms with van der Waals surface area (Å²) < 4.78 is 21.4. The van der Waals surface area contributed by atoms with Crippen LogP contribution in [0, 0.1) is 11.8 Å². The van der Waals surface area contributed by atoms with Gasteiger partial charge in [-0.05, 0) is 25.2 Å². The fraction of sp³-hybridized carbons (Fsp3) is 0.667. The Morgan fingerprint density at radius 1 is 1.50 bits per heavy atom. The molecule has 2 saturated carbocycles. The van der Waals surface area contributed by atoms with E-state index >= 15 is 0 Å². The third kappa shape index (κ3) is 1.94. The molecule has 0 heterocycles. The van der Waals surface area contributed by atoms with Crippen molar-refractivity contribution in [3.05, 3.63) is 12.7 Å². The van der Waals surface area contributed by atoms with E-state index in [0.717, 1.165) is 19.3 Å². The molecule has 2 aliphatic rings. The number of rotatable bonds is 4. The summed E-state index contributed by atoms with van der Waals surface area (Å²) >= 11 is 0. The molecule has 3 N–H and O–H groups in total. The lowest BCUT2D eigenvalue weighted by atomic mass is 10.3. The molecule has 0 bridgehead atoms. The van der Waals surface area contributed by atoms with Crippen molar-refractivity contribution in [3.8, 4) is 0 Å². The molecule has 0 aromatic heterocycles. The monoisotopic (exact) mass is 217 g/mol. The first kappa shape index (κ1) is 10.0. The van der Waals surface area contributed by atoms with Gasteiger partial charge in [0.15, 0.2) is 0 Å². The first-order valence-electron chi connectivity index (χ1n) is 4.76. The fourth-order valence-corrected chi connectivity index (χ4v) is 2.89. The quantitative estimate of drug-likeness (QED) is 0.628. The van der Waals surface area contributed by atoms with E-state index in [4.69, 9.17) is 0 Å². The van der Waals surface area contributed by atoms with Crippen LogP contribution in [0.2, 0.25) is 0 Å². The third-order valence-electron chi connectivity index (χ3n) is 2.72. The zero-order valence-corrected chi connectivity index (χ0v) is 8.67. The van der Waals surface area contributed by atoms with E-state index in [0.29, 0.717) is 0 Å². The van der Waals surface area contributed by atoms with Gasteiger partial charge in [-0.1, -0.05) is 6.08 Å². The molecule has 5 heteroatoms. The topological polar surface area (TPSA) is 69.6 Å². The van der Waals surface area contributed by atoms with Gasteiger partial charge < -0.3 is 0 Å². The standard InChI is InChI=1S/C9H15NO3S/c1-2-6-5-8(6)9(11)10-14(12,13)7-3-4-7/h2,6-8,12-13H,1,3-5H2,(H,10,11)/t6-,8+/m1/s1. The Hall–Kier alpha value is -0.520. The number of hydrogen-bond acceptors (Lipinski definition) is 3. The first-order valence-corrected chi connectivity index (χ1v) is 6.37. The van der Waals surface area contributed by atoms with Crippen molar-refractivity contribution in [2.24, 2.45) is 11.8 Å². The van der Waals surface area contributed by atoms with Gasteiger partial charge in [0.25, 0.3) is 0 Å². The molecule has 2 atom stereocenters. The van der Waals surface area contributed by atoms with Gasteiger partial charge in [0.1, 0.15) is 0 Å². The Labute approximate surface area is 84.9 Å². The van der Waals surface area contributed by atoms with Crippen molar-refractivity contribution in [2.75, 3.05) is 0 Å². The van der Waals surface area contributed by atoms with Crippen LogP contribution in [0.3, 0.4) is 0 Å². The minimum atomic E-state index is -2.86.